The van der Waals surface area contributed by atoms with Gasteiger partial charge in [-0.25, -0.2) is 9.48 Å². The van der Waals surface area contributed by atoms with Crippen molar-refractivity contribution in [3.63, 3.8) is 0 Å². The molecule has 1 aliphatic heterocycles. The maximum absolute atomic E-state index is 12.2. The second kappa shape index (κ2) is 5.19. The van der Waals surface area contributed by atoms with E-state index in [9.17, 15) is 4.79 Å². The minimum absolute atomic E-state index is 0.340. The largest absolute Gasteiger partial charge is 0.476 e. The van der Waals surface area contributed by atoms with Gasteiger partial charge in [0.15, 0.2) is 0 Å². The molecule has 0 spiro atoms. The van der Waals surface area contributed by atoms with E-state index in [2.05, 4.69) is 11.7 Å². The molecule has 0 radical (unpaired) electrons. The lowest BCUT2D eigenvalue weighted by atomic mass is 10.2. The Balaban J connectivity index is 2.23. The standard InChI is InChI=1S/C14H21N3O3/c1-6-11-10-9-17(13(18)20-14(2,3)4)7-8-19-12(10)16(5)15-11/h6H,1,7-9H2,2-5H3. The molecule has 0 saturated heterocycles. The van der Waals surface area contributed by atoms with Crippen LogP contribution in [0, 0.1) is 0 Å². The van der Waals surface area contributed by atoms with Gasteiger partial charge in [0.2, 0.25) is 5.88 Å². The highest BCUT2D eigenvalue weighted by molar-refractivity contribution is 5.69. The molecule has 0 saturated carbocycles. The van der Waals surface area contributed by atoms with Crippen molar-refractivity contribution in [2.75, 3.05) is 13.2 Å². The van der Waals surface area contributed by atoms with Gasteiger partial charge in [-0.15, -0.1) is 0 Å². The summed E-state index contributed by atoms with van der Waals surface area (Å²) in [4.78, 5) is 13.8. The first-order chi connectivity index (χ1) is 9.31. The average Bonchev–Trinajstić information content (AvgIpc) is 2.52. The minimum atomic E-state index is -0.511. The van der Waals surface area contributed by atoms with Crippen LogP contribution in [0.25, 0.3) is 6.08 Å². The van der Waals surface area contributed by atoms with Crippen LogP contribution in [0.15, 0.2) is 6.58 Å². The predicted molar refractivity (Wildman–Crippen MR) is 75.4 cm³/mol. The van der Waals surface area contributed by atoms with Gasteiger partial charge in [0.1, 0.15) is 12.2 Å². The Morgan fingerprint density at radius 1 is 1.50 bits per heavy atom. The summed E-state index contributed by atoms with van der Waals surface area (Å²) in [5, 5.41) is 4.32. The monoisotopic (exact) mass is 279 g/mol. The first-order valence-corrected chi connectivity index (χ1v) is 6.61. The Labute approximate surface area is 119 Å². The molecule has 6 nitrogen and oxygen atoms in total. The molecule has 0 unspecified atom stereocenters. The Morgan fingerprint density at radius 3 is 2.80 bits per heavy atom. The van der Waals surface area contributed by atoms with E-state index in [1.807, 2.05) is 27.8 Å². The number of aromatic nitrogens is 2. The molecule has 110 valence electrons. The topological polar surface area (TPSA) is 56.6 Å². The molecule has 0 bridgehead atoms. The molecule has 1 aromatic heterocycles. The molecule has 0 aliphatic carbocycles. The van der Waals surface area contributed by atoms with Gasteiger partial charge in [0.25, 0.3) is 0 Å². The number of hydrogen-bond acceptors (Lipinski definition) is 4. The number of carbonyl (C=O) groups is 1. The van der Waals surface area contributed by atoms with Crippen molar-refractivity contribution in [2.24, 2.45) is 7.05 Å². The number of hydrogen-bond donors (Lipinski definition) is 0. The summed E-state index contributed by atoms with van der Waals surface area (Å²) in [7, 11) is 1.81. The highest BCUT2D eigenvalue weighted by atomic mass is 16.6. The van der Waals surface area contributed by atoms with Crippen molar-refractivity contribution < 1.29 is 14.3 Å². The van der Waals surface area contributed by atoms with E-state index < -0.39 is 5.60 Å². The lowest BCUT2D eigenvalue weighted by molar-refractivity contribution is 0.0224. The predicted octanol–water partition coefficient (Wildman–Crippen LogP) is 2.19. The van der Waals surface area contributed by atoms with E-state index in [1.165, 1.54) is 0 Å². The number of nitrogens with zero attached hydrogens (tertiary/aromatic N) is 3. The molecule has 1 aliphatic rings. The highest BCUT2D eigenvalue weighted by Gasteiger charge is 2.28. The lowest BCUT2D eigenvalue weighted by Gasteiger charge is -2.25. The maximum Gasteiger partial charge on any atom is 0.410 e. The van der Waals surface area contributed by atoms with Gasteiger partial charge in [-0.1, -0.05) is 6.58 Å². The molecule has 0 aromatic carbocycles. The van der Waals surface area contributed by atoms with Crippen LogP contribution in [0.1, 0.15) is 32.0 Å². The van der Waals surface area contributed by atoms with Crippen molar-refractivity contribution in [3.05, 3.63) is 17.8 Å². The van der Waals surface area contributed by atoms with Crippen LogP contribution in [-0.2, 0) is 18.3 Å². The lowest BCUT2D eigenvalue weighted by Crippen LogP contribution is -2.37. The quantitative estimate of drug-likeness (QED) is 0.790. The minimum Gasteiger partial charge on any atom is -0.476 e. The Bertz CT molecular complexity index is 529. The summed E-state index contributed by atoms with van der Waals surface area (Å²) in [6.45, 7) is 10.6. The molecule has 0 fully saturated rings. The van der Waals surface area contributed by atoms with Crippen LogP contribution in [0.4, 0.5) is 4.79 Å². The van der Waals surface area contributed by atoms with E-state index in [1.54, 1.807) is 15.7 Å². The zero-order valence-corrected chi connectivity index (χ0v) is 12.5. The molecular formula is C14H21N3O3. The molecule has 2 heterocycles. The van der Waals surface area contributed by atoms with Crippen LogP contribution in [0.3, 0.4) is 0 Å². The zero-order valence-electron chi connectivity index (χ0n) is 12.5. The van der Waals surface area contributed by atoms with Crippen LogP contribution in [-0.4, -0.2) is 39.5 Å². The number of rotatable bonds is 1. The third kappa shape index (κ3) is 2.95. The number of aryl methyl sites for hydroxylation is 1. The number of fused-ring (bicyclic) bond motifs is 1. The first-order valence-electron chi connectivity index (χ1n) is 6.61. The fourth-order valence-corrected chi connectivity index (χ4v) is 2.07. The molecule has 1 amide bonds. The van der Waals surface area contributed by atoms with Gasteiger partial charge in [-0.05, 0) is 26.8 Å². The van der Waals surface area contributed by atoms with Gasteiger partial charge in [-0.3, -0.25) is 0 Å². The zero-order chi connectivity index (χ0) is 14.9. The third-order valence-corrected chi connectivity index (χ3v) is 2.91. The van der Waals surface area contributed by atoms with Gasteiger partial charge in [0.05, 0.1) is 24.3 Å². The summed E-state index contributed by atoms with van der Waals surface area (Å²) in [5.41, 5.74) is 1.09. The summed E-state index contributed by atoms with van der Waals surface area (Å²) < 4.78 is 12.8. The van der Waals surface area contributed by atoms with Gasteiger partial charge in [0, 0.05) is 7.05 Å². The normalized spacial score (nSPS) is 15.1. The number of ether oxygens (including phenoxy) is 2. The summed E-state index contributed by atoms with van der Waals surface area (Å²) in [6.07, 6.45) is 1.33. The van der Waals surface area contributed by atoms with Crippen LogP contribution in [0.5, 0.6) is 5.88 Å². The van der Waals surface area contributed by atoms with Crippen LogP contribution in [0.2, 0.25) is 0 Å². The van der Waals surface area contributed by atoms with Gasteiger partial charge in [-0.2, -0.15) is 5.10 Å². The SMILES string of the molecule is C=Cc1nn(C)c2c1CN(C(=O)OC(C)(C)C)CCO2. The van der Waals surface area contributed by atoms with Crippen molar-refractivity contribution in [3.8, 4) is 5.88 Å². The molecule has 0 N–H and O–H groups in total. The van der Waals surface area contributed by atoms with Crippen molar-refractivity contribution in [1.82, 2.24) is 14.7 Å². The third-order valence-electron chi connectivity index (χ3n) is 2.91. The van der Waals surface area contributed by atoms with Crippen molar-refractivity contribution in [1.29, 1.82) is 0 Å². The van der Waals surface area contributed by atoms with E-state index >= 15 is 0 Å². The fraction of sp³-hybridized carbons (Fsp3) is 0.571. The Kier molecular flexibility index (Phi) is 3.74. The van der Waals surface area contributed by atoms with Crippen molar-refractivity contribution >= 4 is 12.2 Å². The number of amides is 1. The maximum atomic E-state index is 12.2. The smallest absolute Gasteiger partial charge is 0.410 e. The highest BCUT2D eigenvalue weighted by Crippen LogP contribution is 2.27. The molecule has 6 heteroatoms. The van der Waals surface area contributed by atoms with E-state index in [-0.39, 0.29) is 6.09 Å². The van der Waals surface area contributed by atoms with Gasteiger partial charge >= 0.3 is 6.09 Å². The Hall–Kier alpha value is -1.98. The van der Waals surface area contributed by atoms with E-state index in [0.717, 1.165) is 11.3 Å². The second-order valence-electron chi connectivity index (χ2n) is 5.75. The first kappa shape index (κ1) is 14.4. The summed E-state index contributed by atoms with van der Waals surface area (Å²) >= 11 is 0. The van der Waals surface area contributed by atoms with Gasteiger partial charge < -0.3 is 14.4 Å². The molecule has 1 aromatic rings. The molecule has 2 rings (SSSR count). The number of carbonyl (C=O) groups excluding carboxylic acids is 1. The molecule has 20 heavy (non-hydrogen) atoms. The Morgan fingerprint density at radius 2 is 2.20 bits per heavy atom. The average molecular weight is 279 g/mol. The molecular weight excluding hydrogens is 258 g/mol. The fourth-order valence-electron chi connectivity index (χ4n) is 2.07. The van der Waals surface area contributed by atoms with Crippen LogP contribution >= 0.6 is 0 Å². The van der Waals surface area contributed by atoms with Crippen LogP contribution < -0.4 is 4.74 Å². The summed E-state index contributed by atoms with van der Waals surface area (Å²) in [6, 6.07) is 0. The van der Waals surface area contributed by atoms with E-state index in [0.29, 0.717) is 25.6 Å². The second-order valence-corrected chi connectivity index (χ2v) is 5.75. The van der Waals surface area contributed by atoms with Crippen molar-refractivity contribution in [2.45, 2.75) is 32.9 Å². The summed E-state index contributed by atoms with van der Waals surface area (Å²) in [5.74, 6) is 0.686. The molecule has 0 atom stereocenters. The van der Waals surface area contributed by atoms with E-state index in [4.69, 9.17) is 9.47 Å².